The third kappa shape index (κ3) is 3.20. The molecule has 3 heterocycles. The molecule has 0 radical (unpaired) electrons. The van der Waals surface area contributed by atoms with Gasteiger partial charge in [-0.15, -0.1) is 11.3 Å². The molecule has 1 aliphatic rings. The van der Waals surface area contributed by atoms with Crippen LogP contribution < -0.4 is 5.32 Å². The fourth-order valence-corrected chi connectivity index (χ4v) is 3.78. The van der Waals surface area contributed by atoms with Gasteiger partial charge in [0, 0.05) is 18.0 Å². The Balaban J connectivity index is 1.60. The summed E-state index contributed by atoms with van der Waals surface area (Å²) >= 11 is 1.65. The molecule has 3 aromatic heterocycles. The minimum atomic E-state index is -0.149. The number of anilines is 1. The highest BCUT2D eigenvalue weighted by molar-refractivity contribution is 7.17. The molecule has 0 bridgehead atoms. The Morgan fingerprint density at radius 1 is 1.26 bits per heavy atom. The van der Waals surface area contributed by atoms with Crippen LogP contribution in [0.25, 0.3) is 10.2 Å². The molecule has 120 valence electrons. The summed E-state index contributed by atoms with van der Waals surface area (Å²) in [4.78, 5) is 9.34. The zero-order valence-corrected chi connectivity index (χ0v) is 13.4. The van der Waals surface area contributed by atoms with Crippen molar-refractivity contribution in [1.29, 1.82) is 0 Å². The normalized spacial score (nSPS) is 21.6. The molecule has 0 aliphatic heterocycles. The summed E-state index contributed by atoms with van der Waals surface area (Å²) < 4.78 is 5.97. The first-order valence-electron chi connectivity index (χ1n) is 7.85. The average molecular weight is 330 g/mol. The van der Waals surface area contributed by atoms with Crippen molar-refractivity contribution in [3.05, 3.63) is 35.3 Å². The second-order valence-electron chi connectivity index (χ2n) is 5.98. The Hall–Kier alpha value is -1.99. The molecule has 0 unspecified atom stereocenters. The summed E-state index contributed by atoms with van der Waals surface area (Å²) in [6, 6.07) is 2.39. The van der Waals surface area contributed by atoms with E-state index in [1.165, 1.54) is 0 Å². The summed E-state index contributed by atoms with van der Waals surface area (Å²) in [6.07, 6.45) is 7.41. The maximum absolute atomic E-state index is 9.65. The lowest BCUT2D eigenvalue weighted by Crippen LogP contribution is -2.28. The Morgan fingerprint density at radius 3 is 2.91 bits per heavy atom. The number of aliphatic hydroxyl groups excluding tert-OH is 1. The molecule has 0 atom stereocenters. The number of nitrogens with zero attached hydrogens (tertiary/aromatic N) is 3. The van der Waals surface area contributed by atoms with E-state index < -0.39 is 0 Å². The van der Waals surface area contributed by atoms with Crippen molar-refractivity contribution in [3.8, 4) is 0 Å². The van der Waals surface area contributed by atoms with E-state index in [4.69, 9.17) is 9.51 Å². The lowest BCUT2D eigenvalue weighted by atomic mass is 9.93. The molecule has 23 heavy (non-hydrogen) atoms. The van der Waals surface area contributed by atoms with Gasteiger partial charge in [-0.2, -0.15) is 0 Å². The number of rotatable bonds is 4. The van der Waals surface area contributed by atoms with Gasteiger partial charge in [-0.05, 0) is 37.1 Å². The van der Waals surface area contributed by atoms with Crippen LogP contribution in [0.2, 0.25) is 0 Å². The molecule has 0 spiro atoms. The summed E-state index contributed by atoms with van der Waals surface area (Å²) in [5.41, 5.74) is 1.93. The number of fused-ring (bicyclic) bond motifs is 1. The molecule has 7 heteroatoms. The van der Waals surface area contributed by atoms with E-state index >= 15 is 0 Å². The van der Waals surface area contributed by atoms with Crippen molar-refractivity contribution >= 4 is 27.4 Å². The average Bonchev–Trinajstić information content (AvgIpc) is 3.21. The van der Waals surface area contributed by atoms with Gasteiger partial charge in [-0.25, -0.2) is 9.97 Å². The topological polar surface area (TPSA) is 84.1 Å². The number of hydrogen-bond donors (Lipinski definition) is 2. The number of nitrogens with one attached hydrogen (secondary N) is 1. The van der Waals surface area contributed by atoms with Gasteiger partial charge >= 0.3 is 0 Å². The predicted molar refractivity (Wildman–Crippen MR) is 88.6 cm³/mol. The van der Waals surface area contributed by atoms with E-state index in [1.807, 2.05) is 11.4 Å². The highest BCUT2D eigenvalue weighted by atomic mass is 32.1. The first kappa shape index (κ1) is 14.6. The lowest BCUT2D eigenvalue weighted by Gasteiger charge is -2.26. The number of thiophene rings is 1. The van der Waals surface area contributed by atoms with Crippen LogP contribution in [0.1, 0.15) is 37.1 Å². The van der Waals surface area contributed by atoms with Gasteiger partial charge in [0.05, 0.1) is 22.5 Å². The van der Waals surface area contributed by atoms with Gasteiger partial charge in [0.15, 0.2) is 0 Å². The second kappa shape index (κ2) is 6.25. The highest BCUT2D eigenvalue weighted by Gasteiger charge is 2.21. The van der Waals surface area contributed by atoms with Gasteiger partial charge in [0.2, 0.25) is 0 Å². The fourth-order valence-electron chi connectivity index (χ4n) is 3.00. The maximum atomic E-state index is 9.65. The van der Waals surface area contributed by atoms with Crippen LogP contribution in [0.15, 0.2) is 28.4 Å². The number of aliphatic hydroxyl groups is 1. The monoisotopic (exact) mass is 330 g/mol. The largest absolute Gasteiger partial charge is 0.393 e. The summed E-state index contributed by atoms with van der Waals surface area (Å²) in [7, 11) is 0. The fraction of sp³-hybridized carbons (Fsp3) is 0.438. The second-order valence-corrected chi connectivity index (χ2v) is 6.90. The molecule has 0 saturated heterocycles. The Morgan fingerprint density at radius 2 is 2.13 bits per heavy atom. The molecule has 0 amide bonds. The highest BCUT2D eigenvalue weighted by Crippen LogP contribution is 2.29. The number of hydrogen-bond acceptors (Lipinski definition) is 7. The van der Waals surface area contributed by atoms with E-state index in [2.05, 4.69) is 15.5 Å². The molecule has 0 aromatic carbocycles. The minimum Gasteiger partial charge on any atom is -0.393 e. The third-order valence-corrected chi connectivity index (χ3v) is 5.14. The van der Waals surface area contributed by atoms with Crippen LogP contribution in [0.4, 0.5) is 5.82 Å². The standard InChI is InChI=1S/C16H18N4O2S/c21-12-3-1-11(2-4-12)18-16-15-13(5-6-23-15)19-14(20-16)7-10-8-17-22-9-10/h5-6,8-9,11-12,21H,1-4,7H2,(H,18,19,20). The first-order valence-corrected chi connectivity index (χ1v) is 8.73. The molecule has 3 aromatic rings. The molecule has 1 aliphatic carbocycles. The smallest absolute Gasteiger partial charge is 0.148 e. The van der Waals surface area contributed by atoms with Gasteiger partial charge in [0.25, 0.3) is 0 Å². The van der Waals surface area contributed by atoms with Crippen molar-refractivity contribution in [3.63, 3.8) is 0 Å². The van der Waals surface area contributed by atoms with E-state index in [1.54, 1.807) is 23.8 Å². The molecule has 1 saturated carbocycles. The molecule has 6 nitrogen and oxygen atoms in total. The maximum Gasteiger partial charge on any atom is 0.148 e. The van der Waals surface area contributed by atoms with Crippen molar-refractivity contribution in [2.24, 2.45) is 0 Å². The Kier molecular flexibility index (Phi) is 3.97. The minimum absolute atomic E-state index is 0.149. The third-order valence-electron chi connectivity index (χ3n) is 4.23. The van der Waals surface area contributed by atoms with Crippen molar-refractivity contribution < 1.29 is 9.63 Å². The van der Waals surface area contributed by atoms with E-state index in [9.17, 15) is 5.11 Å². The van der Waals surface area contributed by atoms with Gasteiger partial charge in [-0.1, -0.05) is 5.16 Å². The van der Waals surface area contributed by atoms with Crippen LogP contribution in [0, 0.1) is 0 Å². The molecular formula is C16H18N4O2S. The van der Waals surface area contributed by atoms with Crippen molar-refractivity contribution in [1.82, 2.24) is 15.1 Å². The molecule has 4 rings (SSSR count). The Labute approximate surface area is 137 Å². The van der Waals surface area contributed by atoms with Gasteiger partial charge in [0.1, 0.15) is 17.9 Å². The van der Waals surface area contributed by atoms with E-state index in [0.29, 0.717) is 12.5 Å². The molecule has 2 N–H and O–H groups in total. The Bertz CT molecular complexity index is 779. The van der Waals surface area contributed by atoms with Crippen molar-refractivity contribution in [2.45, 2.75) is 44.2 Å². The quantitative estimate of drug-likeness (QED) is 0.765. The SMILES string of the molecule is OC1CCC(Nc2nc(Cc3cnoc3)nc3ccsc23)CC1. The lowest BCUT2D eigenvalue weighted by molar-refractivity contribution is 0.126. The zero-order chi connectivity index (χ0) is 15.6. The summed E-state index contributed by atoms with van der Waals surface area (Å²) in [6.45, 7) is 0. The number of aromatic nitrogens is 3. The molecule has 1 fully saturated rings. The van der Waals surface area contributed by atoms with Crippen LogP contribution in [0.5, 0.6) is 0 Å². The van der Waals surface area contributed by atoms with Crippen LogP contribution in [-0.4, -0.2) is 32.4 Å². The molecular weight excluding hydrogens is 312 g/mol. The van der Waals surface area contributed by atoms with E-state index in [0.717, 1.165) is 53.1 Å². The first-order chi connectivity index (χ1) is 11.3. The zero-order valence-electron chi connectivity index (χ0n) is 12.6. The van der Waals surface area contributed by atoms with Gasteiger partial charge < -0.3 is 14.9 Å². The van der Waals surface area contributed by atoms with Gasteiger partial charge in [-0.3, -0.25) is 0 Å². The van der Waals surface area contributed by atoms with E-state index in [-0.39, 0.29) is 6.10 Å². The van der Waals surface area contributed by atoms with Crippen LogP contribution in [-0.2, 0) is 6.42 Å². The summed E-state index contributed by atoms with van der Waals surface area (Å²) in [5, 5.41) is 19.0. The van der Waals surface area contributed by atoms with Crippen LogP contribution in [0.3, 0.4) is 0 Å². The van der Waals surface area contributed by atoms with Crippen LogP contribution >= 0.6 is 11.3 Å². The summed E-state index contributed by atoms with van der Waals surface area (Å²) in [5.74, 6) is 1.66. The predicted octanol–water partition coefficient (Wildman–Crippen LogP) is 2.99. The van der Waals surface area contributed by atoms with Crippen molar-refractivity contribution in [2.75, 3.05) is 5.32 Å².